The first kappa shape index (κ1) is 19.6. The summed E-state index contributed by atoms with van der Waals surface area (Å²) in [5.41, 5.74) is 2.31. The van der Waals surface area contributed by atoms with Crippen LogP contribution in [0.2, 0.25) is 0 Å². The van der Waals surface area contributed by atoms with Gasteiger partial charge < -0.3 is 15.0 Å². The zero-order valence-electron chi connectivity index (χ0n) is 14.9. The SMILES string of the molecule is CCc1ccc(-c2nc(C(=O)OCC(=O)N(C)CC(=O)NC)cs2)cc1. The van der Waals surface area contributed by atoms with Crippen molar-refractivity contribution in [1.82, 2.24) is 15.2 Å². The molecule has 0 radical (unpaired) electrons. The van der Waals surface area contributed by atoms with E-state index < -0.39 is 18.5 Å². The van der Waals surface area contributed by atoms with E-state index in [1.807, 2.05) is 24.3 Å². The lowest BCUT2D eigenvalue weighted by Gasteiger charge is -2.15. The van der Waals surface area contributed by atoms with Gasteiger partial charge in [0.15, 0.2) is 12.3 Å². The average molecular weight is 375 g/mol. The Morgan fingerprint density at radius 3 is 2.54 bits per heavy atom. The van der Waals surface area contributed by atoms with Crippen LogP contribution in [0.15, 0.2) is 29.6 Å². The number of likely N-dealkylation sites (N-methyl/N-ethyl adjacent to an activating group) is 2. The lowest BCUT2D eigenvalue weighted by molar-refractivity contribution is -0.137. The van der Waals surface area contributed by atoms with Gasteiger partial charge in [0.05, 0.1) is 6.54 Å². The first-order valence-electron chi connectivity index (χ1n) is 8.11. The predicted octanol–water partition coefficient (Wildman–Crippen LogP) is 1.73. The van der Waals surface area contributed by atoms with Crippen molar-refractivity contribution < 1.29 is 19.1 Å². The van der Waals surface area contributed by atoms with Crippen LogP contribution in [0.25, 0.3) is 10.6 Å². The number of carbonyl (C=O) groups is 3. The number of aryl methyl sites for hydroxylation is 1. The number of benzene rings is 1. The summed E-state index contributed by atoms with van der Waals surface area (Å²) in [6, 6.07) is 7.97. The molecule has 0 saturated heterocycles. The van der Waals surface area contributed by atoms with E-state index in [4.69, 9.17) is 4.74 Å². The molecule has 7 nitrogen and oxygen atoms in total. The molecule has 1 heterocycles. The third kappa shape index (κ3) is 5.13. The molecule has 138 valence electrons. The number of rotatable bonds is 7. The van der Waals surface area contributed by atoms with Gasteiger partial charge in [-0.05, 0) is 12.0 Å². The van der Waals surface area contributed by atoms with Gasteiger partial charge in [0.2, 0.25) is 5.91 Å². The Morgan fingerprint density at radius 1 is 1.23 bits per heavy atom. The van der Waals surface area contributed by atoms with Crippen LogP contribution >= 0.6 is 11.3 Å². The van der Waals surface area contributed by atoms with Crippen LogP contribution in [0.1, 0.15) is 23.0 Å². The monoisotopic (exact) mass is 375 g/mol. The van der Waals surface area contributed by atoms with Gasteiger partial charge in [-0.25, -0.2) is 9.78 Å². The second-order valence-electron chi connectivity index (χ2n) is 5.59. The van der Waals surface area contributed by atoms with Crippen LogP contribution in [0.4, 0.5) is 0 Å². The summed E-state index contributed by atoms with van der Waals surface area (Å²) in [5.74, 6) is -1.43. The molecular weight excluding hydrogens is 354 g/mol. The van der Waals surface area contributed by atoms with Gasteiger partial charge in [-0.2, -0.15) is 0 Å². The van der Waals surface area contributed by atoms with Crippen molar-refractivity contribution in [2.45, 2.75) is 13.3 Å². The number of thiazole rings is 1. The number of hydrogen-bond donors (Lipinski definition) is 1. The molecule has 2 aromatic rings. The van der Waals surface area contributed by atoms with Crippen molar-refractivity contribution in [3.8, 4) is 10.6 Å². The fourth-order valence-corrected chi connectivity index (χ4v) is 2.87. The minimum absolute atomic E-state index is 0.0957. The Kier molecular flexibility index (Phi) is 6.85. The van der Waals surface area contributed by atoms with E-state index in [0.29, 0.717) is 5.01 Å². The summed E-state index contributed by atoms with van der Waals surface area (Å²) >= 11 is 1.34. The van der Waals surface area contributed by atoms with Gasteiger partial charge in [-0.15, -0.1) is 11.3 Å². The maximum Gasteiger partial charge on any atom is 0.358 e. The van der Waals surface area contributed by atoms with Crippen LogP contribution in [0.5, 0.6) is 0 Å². The van der Waals surface area contributed by atoms with Crippen LogP contribution in [0, 0.1) is 0 Å². The zero-order valence-corrected chi connectivity index (χ0v) is 15.8. The van der Waals surface area contributed by atoms with Gasteiger partial charge in [0.1, 0.15) is 5.01 Å². The normalized spacial score (nSPS) is 10.3. The highest BCUT2D eigenvalue weighted by Crippen LogP contribution is 2.24. The average Bonchev–Trinajstić information content (AvgIpc) is 3.15. The van der Waals surface area contributed by atoms with Crippen molar-refractivity contribution in [3.63, 3.8) is 0 Å². The van der Waals surface area contributed by atoms with Crippen molar-refractivity contribution in [3.05, 3.63) is 40.9 Å². The van der Waals surface area contributed by atoms with E-state index >= 15 is 0 Å². The third-order valence-electron chi connectivity index (χ3n) is 3.73. The van der Waals surface area contributed by atoms with Crippen LogP contribution in [-0.2, 0) is 20.7 Å². The lowest BCUT2D eigenvalue weighted by atomic mass is 10.1. The second-order valence-corrected chi connectivity index (χ2v) is 6.45. The van der Waals surface area contributed by atoms with Crippen molar-refractivity contribution in [1.29, 1.82) is 0 Å². The molecule has 0 fully saturated rings. The van der Waals surface area contributed by atoms with Gasteiger partial charge in [0, 0.05) is 25.0 Å². The molecule has 0 unspecified atom stereocenters. The second kappa shape index (κ2) is 9.10. The van der Waals surface area contributed by atoms with Crippen LogP contribution < -0.4 is 5.32 Å². The molecule has 1 aromatic heterocycles. The van der Waals surface area contributed by atoms with Crippen molar-refractivity contribution in [2.24, 2.45) is 0 Å². The standard InChI is InChI=1S/C18H21N3O4S/c1-4-12-5-7-13(8-6-12)17-20-14(11-26-17)18(24)25-10-16(23)21(3)9-15(22)19-2/h5-8,11H,4,9-10H2,1-3H3,(H,19,22). The fraction of sp³-hybridized carbons (Fsp3) is 0.333. The van der Waals surface area contributed by atoms with Crippen LogP contribution in [0.3, 0.4) is 0 Å². The molecule has 0 bridgehead atoms. The Hall–Kier alpha value is -2.74. The lowest BCUT2D eigenvalue weighted by Crippen LogP contribution is -2.39. The summed E-state index contributed by atoms with van der Waals surface area (Å²) < 4.78 is 4.99. The summed E-state index contributed by atoms with van der Waals surface area (Å²) in [5, 5.41) is 4.73. The number of esters is 1. The number of aromatic nitrogens is 1. The Morgan fingerprint density at radius 2 is 1.92 bits per heavy atom. The quantitative estimate of drug-likeness (QED) is 0.745. The van der Waals surface area contributed by atoms with E-state index in [1.165, 1.54) is 35.9 Å². The first-order chi connectivity index (χ1) is 12.4. The number of nitrogens with zero attached hydrogens (tertiary/aromatic N) is 2. The van der Waals surface area contributed by atoms with Crippen molar-refractivity contribution in [2.75, 3.05) is 27.2 Å². The number of ether oxygens (including phenoxy) is 1. The summed E-state index contributed by atoms with van der Waals surface area (Å²) in [6.07, 6.45) is 0.956. The summed E-state index contributed by atoms with van der Waals surface area (Å²) in [7, 11) is 2.95. The zero-order chi connectivity index (χ0) is 19.1. The van der Waals surface area contributed by atoms with E-state index in [9.17, 15) is 14.4 Å². The number of hydrogen-bond acceptors (Lipinski definition) is 6. The van der Waals surface area contributed by atoms with Gasteiger partial charge >= 0.3 is 5.97 Å². The molecule has 2 rings (SSSR count). The molecule has 1 N–H and O–H groups in total. The molecule has 0 spiro atoms. The van der Waals surface area contributed by atoms with E-state index in [-0.39, 0.29) is 18.1 Å². The first-order valence-corrected chi connectivity index (χ1v) is 8.99. The van der Waals surface area contributed by atoms with Gasteiger partial charge in [-0.1, -0.05) is 31.2 Å². The van der Waals surface area contributed by atoms with E-state index in [2.05, 4.69) is 17.2 Å². The molecular formula is C18H21N3O4S. The molecule has 0 aliphatic heterocycles. The Balaban J connectivity index is 1.93. The molecule has 2 amide bonds. The van der Waals surface area contributed by atoms with Gasteiger partial charge in [-0.3, -0.25) is 9.59 Å². The highest BCUT2D eigenvalue weighted by Gasteiger charge is 2.17. The number of amides is 2. The molecule has 8 heteroatoms. The highest BCUT2D eigenvalue weighted by molar-refractivity contribution is 7.13. The highest BCUT2D eigenvalue weighted by atomic mass is 32.1. The molecule has 0 saturated carbocycles. The molecule has 0 aliphatic rings. The minimum Gasteiger partial charge on any atom is -0.451 e. The van der Waals surface area contributed by atoms with E-state index in [0.717, 1.165) is 12.0 Å². The van der Waals surface area contributed by atoms with E-state index in [1.54, 1.807) is 5.38 Å². The maximum absolute atomic E-state index is 12.1. The summed E-state index contributed by atoms with van der Waals surface area (Å²) in [6.45, 7) is 1.55. The molecule has 1 aromatic carbocycles. The number of nitrogens with one attached hydrogen (secondary N) is 1. The minimum atomic E-state index is -0.667. The molecule has 0 atom stereocenters. The summed E-state index contributed by atoms with van der Waals surface area (Å²) in [4.78, 5) is 40.6. The maximum atomic E-state index is 12.1. The predicted molar refractivity (Wildman–Crippen MR) is 98.9 cm³/mol. The molecule has 26 heavy (non-hydrogen) atoms. The van der Waals surface area contributed by atoms with Crippen molar-refractivity contribution >= 4 is 29.1 Å². The third-order valence-corrected chi connectivity index (χ3v) is 4.63. The largest absolute Gasteiger partial charge is 0.451 e. The fourth-order valence-electron chi connectivity index (χ4n) is 2.08. The number of carbonyl (C=O) groups excluding carboxylic acids is 3. The molecule has 0 aliphatic carbocycles. The van der Waals surface area contributed by atoms with Crippen LogP contribution in [-0.4, -0.2) is 54.9 Å². The Labute approximate surface area is 156 Å². The Bertz CT molecular complexity index is 786. The topological polar surface area (TPSA) is 88.6 Å². The van der Waals surface area contributed by atoms with Gasteiger partial charge in [0.25, 0.3) is 5.91 Å². The smallest absolute Gasteiger partial charge is 0.358 e.